The van der Waals surface area contributed by atoms with Crippen LogP contribution in [-0.2, 0) is 0 Å². The predicted molar refractivity (Wildman–Crippen MR) is 73.2 cm³/mol. The van der Waals surface area contributed by atoms with Crippen molar-refractivity contribution < 1.29 is 0 Å². The van der Waals surface area contributed by atoms with Crippen molar-refractivity contribution in [3.8, 4) is 0 Å². The molecule has 0 N–H and O–H groups in total. The van der Waals surface area contributed by atoms with Crippen molar-refractivity contribution in [3.05, 3.63) is 47.5 Å². The lowest BCUT2D eigenvalue weighted by Gasteiger charge is -2.13. The van der Waals surface area contributed by atoms with Crippen LogP contribution in [-0.4, -0.2) is 0 Å². The summed E-state index contributed by atoms with van der Waals surface area (Å²) in [6, 6.07) is 13.2. The second kappa shape index (κ2) is 3.59. The van der Waals surface area contributed by atoms with Crippen LogP contribution in [0.2, 0.25) is 0 Å². The normalized spacial score (nSPS) is 28.3. The summed E-state index contributed by atoms with van der Waals surface area (Å²) in [4.78, 5) is 0.516. The third-order valence-electron chi connectivity index (χ3n) is 4.01. The van der Waals surface area contributed by atoms with Crippen molar-refractivity contribution in [2.24, 2.45) is 5.92 Å². The van der Waals surface area contributed by atoms with E-state index in [1.54, 1.807) is 5.56 Å². The minimum atomic E-state index is 0.516. The molecule has 2 aromatic rings. The summed E-state index contributed by atoms with van der Waals surface area (Å²) in [5.74, 6) is 1.33. The van der Waals surface area contributed by atoms with E-state index in [2.05, 4.69) is 66.2 Å². The molecule has 1 heteroatoms. The van der Waals surface area contributed by atoms with Crippen molar-refractivity contribution >= 4 is 26.7 Å². The highest BCUT2D eigenvalue weighted by Crippen LogP contribution is 2.51. The molecule has 82 valence electrons. The van der Waals surface area contributed by atoms with Crippen LogP contribution in [0.4, 0.5) is 0 Å². The Bertz CT molecular complexity index is 544. The van der Waals surface area contributed by atoms with Gasteiger partial charge in [0.05, 0.1) is 0 Å². The molecule has 0 heterocycles. The van der Waals surface area contributed by atoms with E-state index in [0.717, 1.165) is 0 Å². The zero-order valence-electron chi connectivity index (χ0n) is 9.57. The summed E-state index contributed by atoms with van der Waals surface area (Å²) in [5, 5.41) is 2.79. The van der Waals surface area contributed by atoms with Crippen molar-refractivity contribution in [2.75, 3.05) is 0 Å². The number of halogens is 1. The summed E-state index contributed by atoms with van der Waals surface area (Å²) in [5.41, 5.74) is 3.03. The molecule has 2 aromatic carbocycles. The van der Waals surface area contributed by atoms with E-state index in [1.807, 2.05) is 0 Å². The van der Waals surface area contributed by atoms with Gasteiger partial charge >= 0.3 is 0 Å². The molecule has 0 radical (unpaired) electrons. The SMILES string of the molecule is CC1c2c(ccc3ccccc23)C(Br)C1C. The molecule has 0 saturated heterocycles. The van der Waals surface area contributed by atoms with Crippen LogP contribution in [0.5, 0.6) is 0 Å². The Morgan fingerprint density at radius 2 is 1.75 bits per heavy atom. The van der Waals surface area contributed by atoms with Crippen molar-refractivity contribution in [1.82, 2.24) is 0 Å². The number of rotatable bonds is 0. The van der Waals surface area contributed by atoms with E-state index in [4.69, 9.17) is 0 Å². The highest BCUT2D eigenvalue weighted by molar-refractivity contribution is 9.09. The Balaban J connectivity index is 2.36. The Hall–Kier alpha value is -0.820. The van der Waals surface area contributed by atoms with Gasteiger partial charge in [-0.15, -0.1) is 0 Å². The van der Waals surface area contributed by atoms with Gasteiger partial charge in [-0.3, -0.25) is 0 Å². The third kappa shape index (κ3) is 1.27. The first-order valence-electron chi connectivity index (χ1n) is 5.85. The quantitative estimate of drug-likeness (QED) is 0.591. The second-order valence-electron chi connectivity index (χ2n) is 4.84. The lowest BCUT2D eigenvalue weighted by molar-refractivity contribution is 0.530. The Labute approximate surface area is 105 Å². The summed E-state index contributed by atoms with van der Waals surface area (Å²) < 4.78 is 0. The van der Waals surface area contributed by atoms with E-state index in [-0.39, 0.29) is 0 Å². The molecule has 0 bridgehead atoms. The Morgan fingerprint density at radius 3 is 2.56 bits per heavy atom. The van der Waals surface area contributed by atoms with Gasteiger partial charge < -0.3 is 0 Å². The highest BCUT2D eigenvalue weighted by Gasteiger charge is 2.34. The summed E-state index contributed by atoms with van der Waals surface area (Å²) >= 11 is 3.83. The fourth-order valence-electron chi connectivity index (χ4n) is 2.86. The number of fused-ring (bicyclic) bond motifs is 3. The molecule has 3 atom stereocenters. The van der Waals surface area contributed by atoms with Gasteiger partial charge in [0, 0.05) is 4.83 Å². The van der Waals surface area contributed by atoms with Gasteiger partial charge in [0.2, 0.25) is 0 Å². The van der Waals surface area contributed by atoms with Crippen LogP contribution < -0.4 is 0 Å². The number of alkyl halides is 1. The van der Waals surface area contributed by atoms with E-state index < -0.39 is 0 Å². The van der Waals surface area contributed by atoms with Crippen LogP contribution in [0.15, 0.2) is 36.4 Å². The first-order valence-corrected chi connectivity index (χ1v) is 6.77. The van der Waals surface area contributed by atoms with Crippen LogP contribution in [0.3, 0.4) is 0 Å². The minimum absolute atomic E-state index is 0.516. The summed E-state index contributed by atoms with van der Waals surface area (Å²) in [6.07, 6.45) is 0. The van der Waals surface area contributed by atoms with Gasteiger partial charge in [-0.2, -0.15) is 0 Å². The molecular formula is C15H15Br. The van der Waals surface area contributed by atoms with E-state index in [9.17, 15) is 0 Å². The van der Waals surface area contributed by atoms with Crippen molar-refractivity contribution in [2.45, 2.75) is 24.6 Å². The van der Waals surface area contributed by atoms with Gasteiger partial charge in [-0.05, 0) is 33.7 Å². The first-order chi connectivity index (χ1) is 7.70. The van der Waals surface area contributed by atoms with Crippen LogP contribution >= 0.6 is 15.9 Å². The molecule has 3 rings (SSSR count). The van der Waals surface area contributed by atoms with Gasteiger partial charge in [-0.25, -0.2) is 0 Å². The summed E-state index contributed by atoms with van der Waals surface area (Å²) in [6.45, 7) is 4.68. The highest BCUT2D eigenvalue weighted by atomic mass is 79.9. The molecular weight excluding hydrogens is 260 g/mol. The van der Waals surface area contributed by atoms with Gasteiger partial charge in [-0.1, -0.05) is 66.2 Å². The monoisotopic (exact) mass is 274 g/mol. The van der Waals surface area contributed by atoms with E-state index in [0.29, 0.717) is 16.7 Å². The van der Waals surface area contributed by atoms with E-state index >= 15 is 0 Å². The number of benzene rings is 2. The molecule has 0 amide bonds. The fraction of sp³-hybridized carbons (Fsp3) is 0.333. The molecule has 1 aliphatic carbocycles. The number of hydrogen-bond acceptors (Lipinski definition) is 0. The van der Waals surface area contributed by atoms with E-state index in [1.165, 1.54) is 16.3 Å². The standard InChI is InChI=1S/C15H15Br/c1-9-10(2)15(16)13-8-7-11-5-3-4-6-12(11)14(9)13/h3-10,15H,1-2H3. The van der Waals surface area contributed by atoms with Crippen molar-refractivity contribution in [1.29, 1.82) is 0 Å². The maximum absolute atomic E-state index is 3.83. The maximum atomic E-state index is 3.83. The largest absolute Gasteiger partial charge is 0.0836 e. The fourth-order valence-corrected chi connectivity index (χ4v) is 3.72. The molecule has 0 saturated carbocycles. The molecule has 0 nitrogen and oxygen atoms in total. The smallest absolute Gasteiger partial charge is 0.0429 e. The van der Waals surface area contributed by atoms with Gasteiger partial charge in [0.25, 0.3) is 0 Å². The Kier molecular flexibility index (Phi) is 2.32. The predicted octanol–water partition coefficient (Wildman–Crippen LogP) is 5.03. The molecule has 1 aliphatic rings. The molecule has 16 heavy (non-hydrogen) atoms. The Morgan fingerprint density at radius 1 is 1.00 bits per heavy atom. The molecule has 3 unspecified atom stereocenters. The second-order valence-corrected chi connectivity index (χ2v) is 5.83. The summed E-state index contributed by atoms with van der Waals surface area (Å²) in [7, 11) is 0. The maximum Gasteiger partial charge on any atom is 0.0429 e. The lowest BCUT2D eigenvalue weighted by Crippen LogP contribution is -2.00. The molecule has 0 fully saturated rings. The third-order valence-corrected chi connectivity index (χ3v) is 5.33. The van der Waals surface area contributed by atoms with Crippen molar-refractivity contribution in [3.63, 3.8) is 0 Å². The zero-order chi connectivity index (χ0) is 11.3. The molecule has 0 spiro atoms. The molecule has 0 aliphatic heterocycles. The van der Waals surface area contributed by atoms with Gasteiger partial charge in [0.15, 0.2) is 0 Å². The average molecular weight is 275 g/mol. The zero-order valence-corrected chi connectivity index (χ0v) is 11.2. The lowest BCUT2D eigenvalue weighted by atomic mass is 9.93. The first kappa shape index (κ1) is 10.3. The topological polar surface area (TPSA) is 0 Å². The number of hydrogen-bond donors (Lipinski definition) is 0. The van der Waals surface area contributed by atoms with Crippen LogP contribution in [0.25, 0.3) is 10.8 Å². The minimum Gasteiger partial charge on any atom is -0.0836 e. The molecule has 0 aromatic heterocycles. The average Bonchev–Trinajstić information content (AvgIpc) is 2.55. The van der Waals surface area contributed by atoms with Crippen LogP contribution in [0.1, 0.15) is 35.7 Å². The van der Waals surface area contributed by atoms with Gasteiger partial charge in [0.1, 0.15) is 0 Å². The van der Waals surface area contributed by atoms with Crippen LogP contribution in [0, 0.1) is 5.92 Å².